The second kappa shape index (κ2) is 8.32. The first-order chi connectivity index (χ1) is 14.8. The molecule has 0 radical (unpaired) electrons. The zero-order chi connectivity index (χ0) is 22.0. The highest BCUT2D eigenvalue weighted by atomic mass is 32.2. The molecule has 0 aliphatic rings. The van der Waals surface area contributed by atoms with Gasteiger partial charge in [-0.2, -0.15) is 0 Å². The number of anilines is 1. The van der Waals surface area contributed by atoms with Crippen LogP contribution in [0.4, 0.5) is 5.69 Å². The number of pyridine rings is 1. The number of carbonyl (C=O) groups excluding carboxylic acids is 1. The predicted octanol–water partition coefficient (Wildman–Crippen LogP) is 2.73. The van der Waals surface area contributed by atoms with Crippen LogP contribution in [0.5, 0.6) is 0 Å². The lowest BCUT2D eigenvalue weighted by Crippen LogP contribution is -2.25. The van der Waals surface area contributed by atoms with E-state index in [1.54, 1.807) is 49.8 Å². The molecule has 0 spiro atoms. The van der Waals surface area contributed by atoms with E-state index in [1.807, 2.05) is 6.07 Å². The van der Waals surface area contributed by atoms with E-state index in [0.29, 0.717) is 10.2 Å². The van der Waals surface area contributed by atoms with Crippen LogP contribution in [0.3, 0.4) is 0 Å². The molecule has 2 N–H and O–H groups in total. The van der Waals surface area contributed by atoms with Crippen molar-refractivity contribution < 1.29 is 13.2 Å². The van der Waals surface area contributed by atoms with Crippen molar-refractivity contribution in [2.45, 2.75) is 11.4 Å². The summed E-state index contributed by atoms with van der Waals surface area (Å²) in [6.45, 7) is 0.261. The number of aryl methyl sites for hydroxylation is 1. The van der Waals surface area contributed by atoms with Crippen LogP contribution < -0.4 is 14.9 Å². The lowest BCUT2D eigenvalue weighted by molar-refractivity contribution is 0.0952. The lowest BCUT2D eigenvalue weighted by Gasteiger charge is -2.13. The van der Waals surface area contributed by atoms with E-state index in [4.69, 9.17) is 0 Å². The van der Waals surface area contributed by atoms with Gasteiger partial charge in [-0.25, -0.2) is 8.42 Å². The monoisotopic (exact) mass is 454 g/mol. The van der Waals surface area contributed by atoms with Gasteiger partial charge in [0.25, 0.3) is 15.9 Å². The van der Waals surface area contributed by atoms with Gasteiger partial charge < -0.3 is 9.88 Å². The van der Waals surface area contributed by atoms with Crippen molar-refractivity contribution in [3.63, 3.8) is 0 Å². The van der Waals surface area contributed by atoms with Gasteiger partial charge >= 0.3 is 4.87 Å². The molecule has 31 heavy (non-hydrogen) atoms. The van der Waals surface area contributed by atoms with Crippen molar-refractivity contribution in [2.75, 3.05) is 4.72 Å². The molecule has 0 unspecified atom stereocenters. The summed E-state index contributed by atoms with van der Waals surface area (Å²) < 4.78 is 30.4. The highest BCUT2D eigenvalue weighted by molar-refractivity contribution is 7.92. The average Bonchev–Trinajstić information content (AvgIpc) is 3.06. The number of aromatic nitrogens is 2. The molecule has 158 valence electrons. The summed E-state index contributed by atoms with van der Waals surface area (Å²) in [6, 6.07) is 14.4. The number of benzene rings is 2. The summed E-state index contributed by atoms with van der Waals surface area (Å²) in [6.07, 6.45) is 3.28. The Balaban J connectivity index is 1.59. The van der Waals surface area contributed by atoms with Crippen molar-refractivity contribution in [3.8, 4) is 0 Å². The van der Waals surface area contributed by atoms with Crippen LogP contribution in [-0.2, 0) is 23.6 Å². The standard InChI is InChI=1S/C21H18N4O4S2/c1-25-18-9-8-15(11-19(18)30-21(25)27)31(28,29)24-17-7-3-2-6-16(17)20(26)23-13-14-5-4-10-22-12-14/h2-12,24H,13H2,1H3,(H,23,26). The van der Waals surface area contributed by atoms with Crippen LogP contribution in [0, 0.1) is 0 Å². The van der Waals surface area contributed by atoms with Gasteiger partial charge in [0, 0.05) is 26.0 Å². The number of sulfonamides is 1. The van der Waals surface area contributed by atoms with E-state index >= 15 is 0 Å². The molecule has 10 heteroatoms. The van der Waals surface area contributed by atoms with Crippen LogP contribution in [0.15, 0.2) is 76.7 Å². The van der Waals surface area contributed by atoms with E-state index in [-0.39, 0.29) is 27.6 Å². The largest absolute Gasteiger partial charge is 0.348 e. The summed E-state index contributed by atoms with van der Waals surface area (Å²) in [4.78, 5) is 28.4. The van der Waals surface area contributed by atoms with E-state index in [0.717, 1.165) is 16.9 Å². The summed E-state index contributed by atoms with van der Waals surface area (Å²) >= 11 is 0.974. The molecular formula is C21H18N4O4S2. The molecule has 4 rings (SSSR count). The number of rotatable bonds is 6. The number of hydrogen-bond donors (Lipinski definition) is 2. The lowest BCUT2D eigenvalue weighted by atomic mass is 10.1. The third-order valence-corrected chi connectivity index (χ3v) is 7.02. The number of amides is 1. The van der Waals surface area contributed by atoms with Crippen molar-refractivity contribution in [1.82, 2.24) is 14.9 Å². The van der Waals surface area contributed by atoms with Crippen LogP contribution in [0.1, 0.15) is 15.9 Å². The average molecular weight is 455 g/mol. The van der Waals surface area contributed by atoms with Gasteiger partial charge in [0.15, 0.2) is 0 Å². The molecule has 0 saturated heterocycles. The normalized spacial score (nSPS) is 11.4. The fraction of sp³-hybridized carbons (Fsp3) is 0.0952. The van der Waals surface area contributed by atoms with Crippen LogP contribution >= 0.6 is 11.3 Å². The zero-order valence-corrected chi connectivity index (χ0v) is 18.0. The smallest absolute Gasteiger partial charge is 0.307 e. The fourth-order valence-corrected chi connectivity index (χ4v) is 5.13. The first-order valence-corrected chi connectivity index (χ1v) is 11.5. The quantitative estimate of drug-likeness (QED) is 0.466. The Morgan fingerprint density at radius 1 is 1.13 bits per heavy atom. The molecule has 2 heterocycles. The Labute approximate surface area is 182 Å². The van der Waals surface area contributed by atoms with E-state index in [2.05, 4.69) is 15.0 Å². The summed E-state index contributed by atoms with van der Waals surface area (Å²) in [5.41, 5.74) is 1.83. The van der Waals surface area contributed by atoms with Gasteiger partial charge in [0.05, 0.1) is 26.4 Å². The zero-order valence-electron chi connectivity index (χ0n) is 16.4. The highest BCUT2D eigenvalue weighted by Crippen LogP contribution is 2.24. The number of hydrogen-bond acceptors (Lipinski definition) is 6. The summed E-state index contributed by atoms with van der Waals surface area (Å²) in [5, 5.41) is 2.76. The topological polar surface area (TPSA) is 110 Å². The van der Waals surface area contributed by atoms with Crippen molar-refractivity contribution in [2.24, 2.45) is 7.05 Å². The van der Waals surface area contributed by atoms with Gasteiger partial charge in [-0.1, -0.05) is 29.5 Å². The second-order valence-corrected chi connectivity index (χ2v) is 9.43. The molecule has 0 saturated carbocycles. The van der Waals surface area contributed by atoms with Gasteiger partial charge in [-0.15, -0.1) is 0 Å². The Bertz CT molecular complexity index is 1430. The van der Waals surface area contributed by atoms with Crippen molar-refractivity contribution in [3.05, 3.63) is 87.8 Å². The predicted molar refractivity (Wildman–Crippen MR) is 120 cm³/mol. The Hall–Kier alpha value is -3.50. The van der Waals surface area contributed by atoms with Crippen molar-refractivity contribution >= 4 is 43.2 Å². The number of nitrogens with zero attached hydrogens (tertiary/aromatic N) is 2. The van der Waals surface area contributed by atoms with Crippen LogP contribution in [0.25, 0.3) is 10.2 Å². The first kappa shape index (κ1) is 20.8. The molecule has 8 nitrogen and oxygen atoms in total. The second-order valence-electron chi connectivity index (χ2n) is 6.75. The third kappa shape index (κ3) is 4.35. The van der Waals surface area contributed by atoms with E-state index < -0.39 is 15.9 Å². The molecule has 2 aromatic heterocycles. The Morgan fingerprint density at radius 2 is 1.94 bits per heavy atom. The maximum Gasteiger partial charge on any atom is 0.307 e. The SMILES string of the molecule is Cn1c(=O)sc2cc(S(=O)(=O)Nc3ccccc3C(=O)NCc3cccnc3)ccc21. The Kier molecular flexibility index (Phi) is 5.57. The van der Waals surface area contributed by atoms with Gasteiger partial charge in [-0.05, 0) is 42.0 Å². The van der Waals surface area contributed by atoms with E-state index in [1.165, 1.54) is 22.8 Å². The third-order valence-electron chi connectivity index (χ3n) is 4.67. The molecule has 4 aromatic rings. The number of carbonyl (C=O) groups is 1. The number of thiazole rings is 1. The summed E-state index contributed by atoms with van der Waals surface area (Å²) in [7, 11) is -2.34. The molecule has 1 amide bonds. The maximum absolute atomic E-state index is 13.0. The molecular weight excluding hydrogens is 436 g/mol. The fourth-order valence-electron chi connectivity index (χ4n) is 3.04. The molecule has 0 fully saturated rings. The number of fused-ring (bicyclic) bond motifs is 1. The minimum absolute atomic E-state index is 0.00687. The molecule has 0 aliphatic carbocycles. The minimum atomic E-state index is -3.98. The number of nitrogens with one attached hydrogen (secondary N) is 2. The van der Waals surface area contributed by atoms with Gasteiger partial charge in [0.2, 0.25) is 0 Å². The first-order valence-electron chi connectivity index (χ1n) is 9.24. The summed E-state index contributed by atoms with van der Waals surface area (Å²) in [5.74, 6) is -0.418. The van der Waals surface area contributed by atoms with Crippen LogP contribution in [0.2, 0.25) is 0 Å². The maximum atomic E-state index is 13.0. The van der Waals surface area contributed by atoms with Crippen LogP contribution in [-0.4, -0.2) is 23.9 Å². The molecule has 0 aliphatic heterocycles. The molecule has 0 atom stereocenters. The molecule has 2 aromatic carbocycles. The highest BCUT2D eigenvalue weighted by Gasteiger charge is 2.20. The van der Waals surface area contributed by atoms with E-state index in [9.17, 15) is 18.0 Å². The van der Waals surface area contributed by atoms with Crippen molar-refractivity contribution in [1.29, 1.82) is 0 Å². The van der Waals surface area contributed by atoms with Gasteiger partial charge in [-0.3, -0.25) is 19.3 Å². The molecule has 0 bridgehead atoms. The Morgan fingerprint density at radius 3 is 2.71 bits per heavy atom. The minimum Gasteiger partial charge on any atom is -0.348 e. The number of para-hydroxylation sites is 1. The van der Waals surface area contributed by atoms with Gasteiger partial charge in [0.1, 0.15) is 0 Å².